The summed E-state index contributed by atoms with van der Waals surface area (Å²) in [6.07, 6.45) is 2.33. The number of aromatic amines is 1. The molecule has 0 radical (unpaired) electrons. The van der Waals surface area contributed by atoms with E-state index in [-0.39, 0.29) is 11.4 Å². The molecule has 1 heterocycles. The Morgan fingerprint density at radius 3 is 2.78 bits per heavy atom. The van der Waals surface area contributed by atoms with Crippen LogP contribution in [0.25, 0.3) is 10.9 Å². The van der Waals surface area contributed by atoms with Gasteiger partial charge in [0.25, 0.3) is 0 Å². The molecule has 18 heavy (non-hydrogen) atoms. The highest BCUT2D eigenvalue weighted by Gasteiger charge is 2.25. The molecule has 1 atom stereocenters. The molecular formula is C13H13F3N2. The van der Waals surface area contributed by atoms with Crippen LogP contribution in [0.3, 0.4) is 0 Å². The fourth-order valence-corrected chi connectivity index (χ4v) is 2.73. The smallest absolute Gasteiger partial charge is 0.195 e. The summed E-state index contributed by atoms with van der Waals surface area (Å²) in [5.74, 6) is -3.63. The summed E-state index contributed by atoms with van der Waals surface area (Å²) in [5, 5.41) is 3.34. The molecule has 1 aromatic heterocycles. The first-order valence-corrected chi connectivity index (χ1v) is 5.96. The lowest BCUT2D eigenvalue weighted by molar-refractivity contribution is 0.452. The number of rotatable bonds is 1. The fraction of sp³-hybridized carbons (Fsp3) is 0.385. The summed E-state index contributed by atoms with van der Waals surface area (Å²) in [6.45, 7) is 0. The van der Waals surface area contributed by atoms with E-state index in [9.17, 15) is 13.2 Å². The molecule has 2 N–H and O–H groups in total. The summed E-state index contributed by atoms with van der Waals surface area (Å²) in [5.41, 5.74) is 2.00. The average molecular weight is 254 g/mol. The standard InChI is InChI=1S/C13H13F3N2/c1-17-6-2-3-9-7(4-6)11-10(18-9)5-8(14)12(15)13(11)16/h5-6,17-18H,2-4H2,1H3. The number of aryl methyl sites for hydroxylation is 1. The molecule has 3 rings (SSSR count). The quantitative estimate of drug-likeness (QED) is 0.752. The molecule has 0 bridgehead atoms. The second-order valence-electron chi connectivity index (χ2n) is 4.72. The molecule has 2 nitrogen and oxygen atoms in total. The third-order valence-electron chi connectivity index (χ3n) is 3.72. The van der Waals surface area contributed by atoms with Crippen LogP contribution in [0.4, 0.5) is 13.2 Å². The van der Waals surface area contributed by atoms with E-state index in [0.29, 0.717) is 11.9 Å². The highest BCUT2D eigenvalue weighted by Crippen LogP contribution is 2.32. The van der Waals surface area contributed by atoms with Crippen LogP contribution in [0.2, 0.25) is 0 Å². The number of nitrogens with one attached hydrogen (secondary N) is 2. The minimum atomic E-state index is -1.39. The largest absolute Gasteiger partial charge is 0.358 e. The maximum absolute atomic E-state index is 13.9. The molecule has 0 saturated heterocycles. The molecule has 1 aliphatic carbocycles. The van der Waals surface area contributed by atoms with E-state index >= 15 is 0 Å². The number of aromatic nitrogens is 1. The van der Waals surface area contributed by atoms with Gasteiger partial charge in [-0.3, -0.25) is 0 Å². The Bertz CT molecular complexity index is 618. The van der Waals surface area contributed by atoms with Gasteiger partial charge in [-0.15, -0.1) is 0 Å². The molecule has 0 spiro atoms. The van der Waals surface area contributed by atoms with E-state index < -0.39 is 17.5 Å². The van der Waals surface area contributed by atoms with Crippen molar-refractivity contribution >= 4 is 10.9 Å². The summed E-state index contributed by atoms with van der Waals surface area (Å²) < 4.78 is 40.3. The molecule has 5 heteroatoms. The number of likely N-dealkylation sites (N-methyl/N-ethyl adjacent to an activating group) is 1. The molecule has 0 amide bonds. The van der Waals surface area contributed by atoms with Crippen molar-refractivity contribution in [2.75, 3.05) is 7.05 Å². The molecule has 0 fully saturated rings. The van der Waals surface area contributed by atoms with Crippen LogP contribution in [-0.4, -0.2) is 18.1 Å². The van der Waals surface area contributed by atoms with Crippen molar-refractivity contribution in [2.24, 2.45) is 0 Å². The van der Waals surface area contributed by atoms with Crippen LogP contribution in [0.15, 0.2) is 6.07 Å². The van der Waals surface area contributed by atoms with Crippen molar-refractivity contribution in [3.05, 3.63) is 34.8 Å². The average Bonchev–Trinajstić information content (AvgIpc) is 2.72. The zero-order chi connectivity index (χ0) is 12.9. The van der Waals surface area contributed by atoms with Crippen LogP contribution in [-0.2, 0) is 12.8 Å². The Hall–Kier alpha value is -1.49. The van der Waals surface area contributed by atoms with Crippen molar-refractivity contribution in [3.63, 3.8) is 0 Å². The fourth-order valence-electron chi connectivity index (χ4n) is 2.73. The number of hydrogen-bond acceptors (Lipinski definition) is 1. The van der Waals surface area contributed by atoms with Gasteiger partial charge in [0.05, 0.1) is 5.52 Å². The highest BCUT2D eigenvalue weighted by molar-refractivity contribution is 5.86. The lowest BCUT2D eigenvalue weighted by Crippen LogP contribution is -2.31. The Kier molecular flexibility index (Phi) is 2.59. The van der Waals surface area contributed by atoms with E-state index in [0.717, 1.165) is 30.2 Å². The maximum Gasteiger partial charge on any atom is 0.195 e. The van der Waals surface area contributed by atoms with Gasteiger partial charge in [-0.2, -0.15) is 0 Å². The van der Waals surface area contributed by atoms with Gasteiger partial charge in [0, 0.05) is 23.2 Å². The molecule has 96 valence electrons. The molecule has 1 unspecified atom stereocenters. The normalized spacial score (nSPS) is 19.2. The zero-order valence-electron chi connectivity index (χ0n) is 9.91. The van der Waals surface area contributed by atoms with Gasteiger partial charge in [0.1, 0.15) is 0 Å². The summed E-state index contributed by atoms with van der Waals surface area (Å²) in [4.78, 5) is 3.00. The minimum Gasteiger partial charge on any atom is -0.358 e. The summed E-state index contributed by atoms with van der Waals surface area (Å²) >= 11 is 0. The van der Waals surface area contributed by atoms with E-state index in [1.165, 1.54) is 0 Å². The molecular weight excluding hydrogens is 241 g/mol. The Labute approximate surface area is 102 Å². The van der Waals surface area contributed by atoms with Gasteiger partial charge in [-0.25, -0.2) is 13.2 Å². The van der Waals surface area contributed by atoms with Crippen molar-refractivity contribution in [1.82, 2.24) is 10.3 Å². The Balaban J connectivity index is 2.25. The van der Waals surface area contributed by atoms with Crippen molar-refractivity contribution in [3.8, 4) is 0 Å². The second-order valence-corrected chi connectivity index (χ2v) is 4.72. The lowest BCUT2D eigenvalue weighted by Gasteiger charge is -2.21. The van der Waals surface area contributed by atoms with Gasteiger partial charge in [-0.05, 0) is 31.9 Å². The SMILES string of the molecule is CNC1CCc2[nH]c3cc(F)c(F)c(F)c3c2C1. The van der Waals surface area contributed by atoms with Gasteiger partial charge >= 0.3 is 0 Å². The molecule has 0 saturated carbocycles. The van der Waals surface area contributed by atoms with Crippen LogP contribution in [0.5, 0.6) is 0 Å². The Morgan fingerprint density at radius 2 is 2.06 bits per heavy atom. The summed E-state index contributed by atoms with van der Waals surface area (Å²) in [6, 6.07) is 1.28. The maximum atomic E-state index is 13.9. The predicted octanol–water partition coefficient (Wildman–Crippen LogP) is 2.66. The van der Waals surface area contributed by atoms with Gasteiger partial charge in [0.15, 0.2) is 17.5 Å². The number of hydrogen-bond donors (Lipinski definition) is 2. The first kappa shape index (κ1) is 11.6. The van der Waals surface area contributed by atoms with E-state index in [4.69, 9.17) is 0 Å². The van der Waals surface area contributed by atoms with Crippen molar-refractivity contribution in [2.45, 2.75) is 25.3 Å². The van der Waals surface area contributed by atoms with Crippen LogP contribution < -0.4 is 5.32 Å². The molecule has 2 aromatic rings. The second kappa shape index (κ2) is 4.02. The predicted molar refractivity (Wildman–Crippen MR) is 63.0 cm³/mol. The monoisotopic (exact) mass is 254 g/mol. The number of benzene rings is 1. The minimum absolute atomic E-state index is 0.198. The van der Waals surface area contributed by atoms with Gasteiger partial charge < -0.3 is 10.3 Å². The van der Waals surface area contributed by atoms with Crippen molar-refractivity contribution in [1.29, 1.82) is 0 Å². The Morgan fingerprint density at radius 1 is 1.28 bits per heavy atom. The third kappa shape index (κ3) is 1.54. The number of halogens is 3. The van der Waals surface area contributed by atoms with Gasteiger partial charge in [-0.1, -0.05) is 0 Å². The first-order chi connectivity index (χ1) is 8.61. The van der Waals surface area contributed by atoms with E-state index in [1.807, 2.05) is 7.05 Å². The van der Waals surface area contributed by atoms with Crippen LogP contribution in [0, 0.1) is 17.5 Å². The molecule has 1 aromatic carbocycles. The van der Waals surface area contributed by atoms with Crippen molar-refractivity contribution < 1.29 is 13.2 Å². The topological polar surface area (TPSA) is 27.8 Å². The zero-order valence-corrected chi connectivity index (χ0v) is 9.91. The third-order valence-corrected chi connectivity index (χ3v) is 3.72. The molecule has 1 aliphatic rings. The van der Waals surface area contributed by atoms with Crippen LogP contribution in [0.1, 0.15) is 17.7 Å². The lowest BCUT2D eigenvalue weighted by atomic mass is 9.91. The number of fused-ring (bicyclic) bond motifs is 3. The van der Waals surface area contributed by atoms with E-state index in [2.05, 4.69) is 10.3 Å². The summed E-state index contributed by atoms with van der Waals surface area (Å²) in [7, 11) is 1.85. The van der Waals surface area contributed by atoms with Crippen LogP contribution >= 0.6 is 0 Å². The highest BCUT2D eigenvalue weighted by atomic mass is 19.2. The first-order valence-electron chi connectivity index (χ1n) is 5.96. The van der Waals surface area contributed by atoms with E-state index in [1.54, 1.807) is 0 Å². The number of H-pyrrole nitrogens is 1. The molecule has 0 aliphatic heterocycles. The van der Waals surface area contributed by atoms with Gasteiger partial charge in [0.2, 0.25) is 0 Å².